The molecule has 0 saturated carbocycles. The number of carbonyl (C=O) groups is 2. The minimum atomic E-state index is -0.788. The third-order valence-corrected chi connectivity index (χ3v) is 2.90. The number of hydrogen-bond donors (Lipinski definition) is 4. The van der Waals surface area contributed by atoms with E-state index < -0.39 is 11.8 Å². The average molecular weight is 317 g/mol. The largest absolute Gasteiger partial charge is 0.395 e. The molecule has 1 radical (unpaired) electrons. The number of amides is 2. The summed E-state index contributed by atoms with van der Waals surface area (Å²) in [4.78, 5) is 22.9. The van der Waals surface area contributed by atoms with Crippen LogP contribution < -0.4 is 16.4 Å². The summed E-state index contributed by atoms with van der Waals surface area (Å²) >= 11 is 0. The summed E-state index contributed by atoms with van der Waals surface area (Å²) in [6.45, 7) is 1.19. The van der Waals surface area contributed by atoms with E-state index in [2.05, 4.69) is 20.3 Å². The highest BCUT2D eigenvalue weighted by atomic mass is 16.5. The molecule has 5 N–H and O–H groups in total. The standard InChI is InChI=1S/C15H17N4O4/c16-14(21)13-9-12(19-23-13)15(22)18-11-3-1-2-10(8-11)4-5-17-6-7-20/h1-4,8-9,17,20H,5-7H2,(H2,16,21)(H,18,22). The molecule has 2 amide bonds. The fraction of sp³-hybridized carbons (Fsp3) is 0.200. The Balaban J connectivity index is 1.96. The van der Waals surface area contributed by atoms with E-state index in [1.807, 2.05) is 12.5 Å². The van der Waals surface area contributed by atoms with Gasteiger partial charge in [0.25, 0.3) is 11.8 Å². The van der Waals surface area contributed by atoms with Gasteiger partial charge in [0, 0.05) is 31.3 Å². The fourth-order valence-corrected chi connectivity index (χ4v) is 1.81. The Labute approximate surface area is 132 Å². The molecule has 2 rings (SSSR count). The van der Waals surface area contributed by atoms with Gasteiger partial charge in [-0.2, -0.15) is 0 Å². The molecule has 121 valence electrons. The first-order valence-electron chi connectivity index (χ1n) is 6.93. The van der Waals surface area contributed by atoms with Gasteiger partial charge in [-0.15, -0.1) is 0 Å². The van der Waals surface area contributed by atoms with Crippen LogP contribution in [0.4, 0.5) is 5.69 Å². The maximum absolute atomic E-state index is 12.0. The van der Waals surface area contributed by atoms with E-state index >= 15 is 0 Å². The lowest BCUT2D eigenvalue weighted by Gasteiger charge is -2.06. The summed E-state index contributed by atoms with van der Waals surface area (Å²) in [5.74, 6) is -1.47. The summed E-state index contributed by atoms with van der Waals surface area (Å²) in [6.07, 6.45) is 1.92. The number of primary amides is 1. The first-order valence-corrected chi connectivity index (χ1v) is 6.93. The number of anilines is 1. The van der Waals surface area contributed by atoms with E-state index in [9.17, 15) is 9.59 Å². The molecule has 8 nitrogen and oxygen atoms in total. The van der Waals surface area contributed by atoms with Gasteiger partial charge in [0.2, 0.25) is 5.76 Å². The van der Waals surface area contributed by atoms with Gasteiger partial charge < -0.3 is 26.0 Å². The van der Waals surface area contributed by atoms with Crippen molar-refractivity contribution in [3.05, 3.63) is 53.8 Å². The Morgan fingerprint density at radius 3 is 2.87 bits per heavy atom. The molecule has 23 heavy (non-hydrogen) atoms. The molecule has 0 aliphatic rings. The first-order chi connectivity index (χ1) is 11.1. The summed E-state index contributed by atoms with van der Waals surface area (Å²) < 4.78 is 4.66. The highest BCUT2D eigenvalue weighted by molar-refractivity contribution is 6.04. The van der Waals surface area contributed by atoms with Crippen LogP contribution in [0.25, 0.3) is 0 Å². The highest BCUT2D eigenvalue weighted by Gasteiger charge is 2.15. The van der Waals surface area contributed by atoms with Crippen molar-refractivity contribution >= 4 is 17.5 Å². The van der Waals surface area contributed by atoms with Crippen molar-refractivity contribution in [1.29, 1.82) is 0 Å². The van der Waals surface area contributed by atoms with Crippen molar-refractivity contribution in [3.8, 4) is 0 Å². The van der Waals surface area contributed by atoms with E-state index in [1.165, 1.54) is 6.07 Å². The van der Waals surface area contributed by atoms with Gasteiger partial charge in [0.05, 0.1) is 6.61 Å². The number of aromatic nitrogens is 1. The summed E-state index contributed by atoms with van der Waals surface area (Å²) in [6, 6.07) is 8.38. The number of hydrogen-bond acceptors (Lipinski definition) is 6. The Morgan fingerprint density at radius 1 is 1.35 bits per heavy atom. The topological polar surface area (TPSA) is 130 Å². The number of aliphatic hydroxyl groups is 1. The van der Waals surface area contributed by atoms with Crippen molar-refractivity contribution in [2.75, 3.05) is 25.0 Å². The smallest absolute Gasteiger partial charge is 0.287 e. The van der Waals surface area contributed by atoms with Crippen LogP contribution in [0, 0.1) is 6.42 Å². The quantitative estimate of drug-likeness (QED) is 0.513. The second kappa shape index (κ2) is 8.06. The number of carbonyl (C=O) groups excluding carboxylic acids is 2. The number of aliphatic hydroxyl groups excluding tert-OH is 1. The first kappa shape index (κ1) is 16.7. The molecule has 0 fully saturated rings. The fourth-order valence-electron chi connectivity index (χ4n) is 1.81. The Kier molecular flexibility index (Phi) is 5.84. The average Bonchev–Trinajstić information content (AvgIpc) is 3.02. The van der Waals surface area contributed by atoms with Crippen LogP contribution in [0.5, 0.6) is 0 Å². The zero-order valence-electron chi connectivity index (χ0n) is 12.3. The monoisotopic (exact) mass is 317 g/mol. The van der Waals surface area contributed by atoms with Gasteiger partial charge in [-0.05, 0) is 17.7 Å². The number of nitrogens with one attached hydrogen (secondary N) is 2. The molecule has 0 atom stereocenters. The Hall–Kier alpha value is -2.71. The summed E-state index contributed by atoms with van der Waals surface area (Å²) in [5.41, 5.74) is 6.49. The Bertz CT molecular complexity index is 684. The van der Waals surface area contributed by atoms with E-state index in [-0.39, 0.29) is 18.1 Å². The summed E-state index contributed by atoms with van der Waals surface area (Å²) in [5, 5.41) is 17.9. The van der Waals surface area contributed by atoms with Crippen LogP contribution in [0.15, 0.2) is 34.9 Å². The molecule has 1 heterocycles. The minimum absolute atomic E-state index is 0.0298. The minimum Gasteiger partial charge on any atom is -0.395 e. The lowest BCUT2D eigenvalue weighted by atomic mass is 10.1. The summed E-state index contributed by atoms with van der Waals surface area (Å²) in [7, 11) is 0. The van der Waals surface area contributed by atoms with Crippen molar-refractivity contribution in [2.45, 2.75) is 0 Å². The molecular weight excluding hydrogens is 300 g/mol. The second-order valence-corrected chi connectivity index (χ2v) is 4.65. The number of rotatable bonds is 8. The molecule has 1 aromatic carbocycles. The zero-order valence-corrected chi connectivity index (χ0v) is 12.3. The van der Waals surface area contributed by atoms with Crippen molar-refractivity contribution < 1.29 is 19.2 Å². The molecule has 0 aliphatic carbocycles. The molecule has 0 unspecified atom stereocenters. The van der Waals surface area contributed by atoms with Crippen molar-refractivity contribution in [3.63, 3.8) is 0 Å². The van der Waals surface area contributed by atoms with Crippen LogP contribution in [0.2, 0.25) is 0 Å². The van der Waals surface area contributed by atoms with Gasteiger partial charge in [-0.1, -0.05) is 17.3 Å². The predicted molar refractivity (Wildman–Crippen MR) is 82.8 cm³/mol. The zero-order chi connectivity index (χ0) is 16.7. The lowest BCUT2D eigenvalue weighted by Crippen LogP contribution is -2.19. The van der Waals surface area contributed by atoms with Crippen LogP contribution >= 0.6 is 0 Å². The van der Waals surface area contributed by atoms with E-state index in [0.717, 1.165) is 5.56 Å². The molecule has 0 spiro atoms. The van der Waals surface area contributed by atoms with Crippen molar-refractivity contribution in [2.24, 2.45) is 5.73 Å². The SMILES string of the molecule is NC(=O)c1cc(C(=O)Nc2cccc([CH]CNCCO)c2)no1. The van der Waals surface area contributed by atoms with Gasteiger partial charge in [0.15, 0.2) is 5.69 Å². The maximum Gasteiger partial charge on any atom is 0.287 e. The maximum atomic E-state index is 12.0. The molecule has 0 aliphatic heterocycles. The van der Waals surface area contributed by atoms with Crippen molar-refractivity contribution in [1.82, 2.24) is 10.5 Å². The van der Waals surface area contributed by atoms with Crippen LogP contribution in [-0.4, -0.2) is 41.8 Å². The van der Waals surface area contributed by atoms with Gasteiger partial charge >= 0.3 is 0 Å². The molecule has 0 bridgehead atoms. The van der Waals surface area contributed by atoms with Crippen LogP contribution in [0.1, 0.15) is 26.6 Å². The predicted octanol–water partition coefficient (Wildman–Crippen LogP) is 0.160. The van der Waals surface area contributed by atoms with Gasteiger partial charge in [-0.25, -0.2) is 0 Å². The number of nitrogens with two attached hydrogens (primary N) is 1. The number of benzene rings is 1. The number of nitrogens with zero attached hydrogens (tertiary/aromatic N) is 1. The molecule has 2 aromatic rings. The highest BCUT2D eigenvalue weighted by Crippen LogP contribution is 2.13. The van der Waals surface area contributed by atoms with E-state index in [0.29, 0.717) is 18.8 Å². The third-order valence-electron chi connectivity index (χ3n) is 2.90. The normalized spacial score (nSPS) is 10.5. The lowest BCUT2D eigenvalue weighted by molar-refractivity contribution is 0.0960. The van der Waals surface area contributed by atoms with E-state index in [1.54, 1.807) is 18.2 Å². The third kappa shape index (κ3) is 4.90. The molecule has 1 aromatic heterocycles. The molecule has 8 heteroatoms. The van der Waals surface area contributed by atoms with Crippen LogP contribution in [-0.2, 0) is 0 Å². The second-order valence-electron chi connectivity index (χ2n) is 4.65. The molecular formula is C15H17N4O4. The molecule has 0 saturated heterocycles. The van der Waals surface area contributed by atoms with Gasteiger partial charge in [-0.3, -0.25) is 9.59 Å². The van der Waals surface area contributed by atoms with Crippen LogP contribution in [0.3, 0.4) is 0 Å². The Morgan fingerprint density at radius 2 is 2.17 bits per heavy atom. The van der Waals surface area contributed by atoms with Gasteiger partial charge in [0.1, 0.15) is 0 Å². The van der Waals surface area contributed by atoms with E-state index in [4.69, 9.17) is 10.8 Å².